The molecule has 5 fully saturated rings. The van der Waals surface area contributed by atoms with Crippen LogP contribution in [-0.2, 0) is 0 Å². The first-order valence-corrected chi connectivity index (χ1v) is 8.85. The molecule has 5 rings (SSSR count). The van der Waals surface area contributed by atoms with Gasteiger partial charge in [0.25, 0.3) is 0 Å². The van der Waals surface area contributed by atoms with Crippen LogP contribution in [0.15, 0.2) is 0 Å². The maximum atomic E-state index is 3.76. The fourth-order valence-electron chi connectivity index (χ4n) is 5.52. The molecule has 1 nitrogen and oxygen atoms in total. The zero-order chi connectivity index (χ0) is 11.2. The number of hydrogen-bond acceptors (Lipinski definition) is 2. The van der Waals surface area contributed by atoms with Crippen LogP contribution in [0, 0.1) is 29.6 Å². The van der Waals surface area contributed by atoms with E-state index < -0.39 is 0 Å². The Morgan fingerprint density at radius 2 is 1.65 bits per heavy atom. The summed E-state index contributed by atoms with van der Waals surface area (Å²) in [5, 5.41) is 3.76. The minimum Gasteiger partial charge on any atom is -0.312 e. The van der Waals surface area contributed by atoms with E-state index >= 15 is 0 Å². The summed E-state index contributed by atoms with van der Waals surface area (Å²) in [5.74, 6) is 8.34. The van der Waals surface area contributed by atoms with Crippen molar-refractivity contribution in [3.63, 3.8) is 0 Å². The lowest BCUT2D eigenvalue weighted by Crippen LogP contribution is -2.48. The van der Waals surface area contributed by atoms with Gasteiger partial charge in [-0.2, -0.15) is 11.8 Å². The zero-order valence-electron chi connectivity index (χ0n) is 10.7. The van der Waals surface area contributed by atoms with Gasteiger partial charge in [0.15, 0.2) is 0 Å². The highest BCUT2D eigenvalue weighted by Gasteiger charge is 2.48. The minimum absolute atomic E-state index is 0.844. The summed E-state index contributed by atoms with van der Waals surface area (Å²) in [6, 6.07) is 0.844. The molecule has 0 aromatic rings. The molecule has 4 aliphatic carbocycles. The standard InChI is InChI=1S/C15H25NS/c1-2-17-9-14(16-1)8-15-12-4-10-3-11(6-12)7-13(15)5-10/h10-16H,1-9H2. The van der Waals surface area contributed by atoms with Gasteiger partial charge in [-0.3, -0.25) is 0 Å². The first kappa shape index (κ1) is 11.2. The van der Waals surface area contributed by atoms with Crippen LogP contribution in [0.25, 0.3) is 0 Å². The van der Waals surface area contributed by atoms with Crippen molar-refractivity contribution in [2.24, 2.45) is 29.6 Å². The van der Waals surface area contributed by atoms with Crippen LogP contribution in [0.4, 0.5) is 0 Å². The van der Waals surface area contributed by atoms with E-state index in [2.05, 4.69) is 17.1 Å². The van der Waals surface area contributed by atoms with Crippen molar-refractivity contribution < 1.29 is 0 Å². The molecule has 2 heteroatoms. The third-order valence-corrected chi connectivity index (χ3v) is 7.11. The van der Waals surface area contributed by atoms with E-state index in [4.69, 9.17) is 0 Å². The molecule has 0 amide bonds. The third-order valence-electron chi connectivity index (χ3n) is 5.98. The van der Waals surface area contributed by atoms with Crippen LogP contribution in [0.5, 0.6) is 0 Å². The lowest BCUT2D eigenvalue weighted by molar-refractivity contribution is -0.0424. The lowest BCUT2D eigenvalue weighted by Gasteiger charge is -2.55. The first-order chi connectivity index (χ1) is 8.38. The number of thioether (sulfide) groups is 1. The van der Waals surface area contributed by atoms with Gasteiger partial charge in [0.2, 0.25) is 0 Å². The Balaban J connectivity index is 1.43. The second-order valence-corrected chi connectivity index (χ2v) is 8.21. The number of hydrogen-bond donors (Lipinski definition) is 1. The fraction of sp³-hybridized carbons (Fsp3) is 1.00. The topological polar surface area (TPSA) is 12.0 Å². The highest BCUT2D eigenvalue weighted by atomic mass is 32.2. The number of nitrogens with one attached hydrogen (secondary N) is 1. The molecule has 17 heavy (non-hydrogen) atoms. The quantitative estimate of drug-likeness (QED) is 0.809. The molecule has 4 saturated carbocycles. The zero-order valence-corrected chi connectivity index (χ0v) is 11.6. The summed E-state index contributed by atoms with van der Waals surface area (Å²) >= 11 is 2.17. The van der Waals surface area contributed by atoms with E-state index in [1.54, 1.807) is 32.1 Å². The Morgan fingerprint density at radius 1 is 0.941 bits per heavy atom. The predicted molar refractivity (Wildman–Crippen MR) is 74.3 cm³/mol. The highest BCUT2D eigenvalue weighted by Crippen LogP contribution is 2.57. The highest BCUT2D eigenvalue weighted by molar-refractivity contribution is 7.99. The Bertz CT molecular complexity index is 257. The van der Waals surface area contributed by atoms with Crippen molar-refractivity contribution in [1.82, 2.24) is 5.32 Å². The predicted octanol–water partition coefficient (Wildman–Crippen LogP) is 3.15. The Morgan fingerprint density at radius 3 is 2.24 bits per heavy atom. The summed E-state index contributed by atoms with van der Waals surface area (Å²) in [6.07, 6.45) is 9.48. The van der Waals surface area contributed by atoms with E-state index in [1.807, 2.05) is 0 Å². The fourth-order valence-corrected chi connectivity index (χ4v) is 6.49. The summed E-state index contributed by atoms with van der Waals surface area (Å²) < 4.78 is 0. The molecule has 4 bridgehead atoms. The van der Waals surface area contributed by atoms with Crippen molar-refractivity contribution in [3.05, 3.63) is 0 Å². The maximum Gasteiger partial charge on any atom is 0.0161 e. The van der Waals surface area contributed by atoms with Gasteiger partial charge < -0.3 is 5.32 Å². The molecule has 1 atom stereocenters. The molecule has 1 saturated heterocycles. The van der Waals surface area contributed by atoms with Gasteiger partial charge in [0.05, 0.1) is 0 Å². The average molecular weight is 251 g/mol. The Kier molecular flexibility index (Phi) is 2.92. The van der Waals surface area contributed by atoms with E-state index in [0.717, 1.165) is 35.6 Å². The molecule has 1 unspecified atom stereocenters. The van der Waals surface area contributed by atoms with Crippen LogP contribution in [0.2, 0.25) is 0 Å². The normalized spacial score (nSPS) is 52.9. The summed E-state index contributed by atoms with van der Waals surface area (Å²) in [5.41, 5.74) is 0. The average Bonchev–Trinajstić information content (AvgIpc) is 2.34. The van der Waals surface area contributed by atoms with Crippen LogP contribution in [0.3, 0.4) is 0 Å². The molecule has 0 spiro atoms. The molecule has 5 aliphatic rings. The SMILES string of the molecule is C1CSCC(CC2C3CC4CC(C3)CC2C4)N1. The van der Waals surface area contributed by atoms with Gasteiger partial charge in [0.1, 0.15) is 0 Å². The summed E-state index contributed by atoms with van der Waals surface area (Å²) in [7, 11) is 0. The molecular formula is C15H25NS. The molecule has 1 N–H and O–H groups in total. The van der Waals surface area contributed by atoms with Gasteiger partial charge in [-0.05, 0) is 68.1 Å². The van der Waals surface area contributed by atoms with Crippen molar-refractivity contribution in [2.45, 2.75) is 44.6 Å². The van der Waals surface area contributed by atoms with Gasteiger partial charge in [-0.1, -0.05) is 0 Å². The van der Waals surface area contributed by atoms with Gasteiger partial charge in [0, 0.05) is 24.1 Å². The van der Waals surface area contributed by atoms with Crippen molar-refractivity contribution in [1.29, 1.82) is 0 Å². The Hall–Kier alpha value is 0.310. The van der Waals surface area contributed by atoms with E-state index in [-0.39, 0.29) is 0 Å². The van der Waals surface area contributed by atoms with E-state index in [1.165, 1.54) is 24.5 Å². The van der Waals surface area contributed by atoms with Crippen LogP contribution in [0.1, 0.15) is 38.5 Å². The number of rotatable bonds is 2. The molecular weight excluding hydrogens is 226 g/mol. The van der Waals surface area contributed by atoms with Gasteiger partial charge in [-0.15, -0.1) is 0 Å². The largest absolute Gasteiger partial charge is 0.312 e. The second kappa shape index (κ2) is 4.45. The smallest absolute Gasteiger partial charge is 0.0161 e. The molecule has 0 aromatic carbocycles. The third kappa shape index (κ3) is 2.06. The summed E-state index contributed by atoms with van der Waals surface area (Å²) in [4.78, 5) is 0. The molecule has 0 radical (unpaired) electrons. The van der Waals surface area contributed by atoms with Crippen molar-refractivity contribution in [2.75, 3.05) is 18.1 Å². The van der Waals surface area contributed by atoms with Crippen LogP contribution < -0.4 is 5.32 Å². The monoisotopic (exact) mass is 251 g/mol. The molecule has 0 aromatic heterocycles. The lowest BCUT2D eigenvalue weighted by atomic mass is 9.51. The molecule has 96 valence electrons. The molecule has 1 aliphatic heterocycles. The van der Waals surface area contributed by atoms with Crippen LogP contribution in [-0.4, -0.2) is 24.1 Å². The van der Waals surface area contributed by atoms with Crippen molar-refractivity contribution >= 4 is 11.8 Å². The minimum atomic E-state index is 0.844. The van der Waals surface area contributed by atoms with Gasteiger partial charge >= 0.3 is 0 Å². The second-order valence-electron chi connectivity index (χ2n) is 7.06. The Labute approximate surface area is 109 Å². The summed E-state index contributed by atoms with van der Waals surface area (Å²) in [6.45, 7) is 1.25. The molecule has 1 heterocycles. The first-order valence-electron chi connectivity index (χ1n) is 7.69. The van der Waals surface area contributed by atoms with Crippen LogP contribution >= 0.6 is 11.8 Å². The van der Waals surface area contributed by atoms with Gasteiger partial charge in [-0.25, -0.2) is 0 Å². The van der Waals surface area contributed by atoms with E-state index in [9.17, 15) is 0 Å². The van der Waals surface area contributed by atoms with Crippen molar-refractivity contribution in [3.8, 4) is 0 Å². The maximum absolute atomic E-state index is 3.76. The van der Waals surface area contributed by atoms with E-state index in [0.29, 0.717) is 0 Å².